The van der Waals surface area contributed by atoms with Crippen molar-refractivity contribution in [2.24, 2.45) is 11.8 Å². The molecule has 0 aliphatic carbocycles. The third-order valence-corrected chi connectivity index (χ3v) is 3.88. The molecule has 0 bridgehead atoms. The van der Waals surface area contributed by atoms with Gasteiger partial charge in [-0.15, -0.1) is 0 Å². The Morgan fingerprint density at radius 1 is 1.48 bits per heavy atom. The van der Waals surface area contributed by atoms with Crippen LogP contribution in [-0.2, 0) is 4.79 Å². The zero-order valence-electron chi connectivity index (χ0n) is 13.2. The van der Waals surface area contributed by atoms with E-state index in [9.17, 15) is 9.18 Å². The summed E-state index contributed by atoms with van der Waals surface area (Å²) in [5.74, 6) is 0.121. The summed E-state index contributed by atoms with van der Waals surface area (Å²) in [6.07, 6.45) is 1.91. The highest BCUT2D eigenvalue weighted by atomic mass is 19.1. The highest BCUT2D eigenvalue weighted by Crippen LogP contribution is 2.21. The van der Waals surface area contributed by atoms with Gasteiger partial charge in [0.15, 0.2) is 0 Å². The van der Waals surface area contributed by atoms with Crippen molar-refractivity contribution in [3.63, 3.8) is 0 Å². The summed E-state index contributed by atoms with van der Waals surface area (Å²) in [7, 11) is 0. The molecule has 1 aliphatic heterocycles. The number of nitrogens with zero attached hydrogens (tertiary/aromatic N) is 1. The first-order valence-corrected chi connectivity index (χ1v) is 7.75. The molecule has 1 aromatic rings. The highest BCUT2D eigenvalue weighted by Gasteiger charge is 2.26. The van der Waals surface area contributed by atoms with Crippen LogP contribution in [0.5, 0.6) is 0 Å². The van der Waals surface area contributed by atoms with E-state index in [-0.39, 0.29) is 17.6 Å². The Balaban J connectivity index is 1.98. The first kappa shape index (κ1) is 16.0. The second-order valence-electron chi connectivity index (χ2n) is 6.47. The van der Waals surface area contributed by atoms with Gasteiger partial charge in [-0.2, -0.15) is 0 Å². The Bertz CT molecular complexity index is 502. The van der Waals surface area contributed by atoms with E-state index >= 15 is 0 Å². The Kier molecular flexibility index (Phi) is 5.34. The molecule has 0 aromatic heterocycles. The molecule has 1 N–H and O–H groups in total. The largest absolute Gasteiger partial charge is 0.323 e. The van der Waals surface area contributed by atoms with Crippen LogP contribution >= 0.6 is 0 Å². The number of carbonyl (C=O) groups is 1. The fourth-order valence-corrected chi connectivity index (χ4v) is 2.92. The SMILES string of the molecule is Cc1ccc(F)c(NC(=O)[C@@H]2CCCN(CC(C)C)C2)c1. The van der Waals surface area contributed by atoms with Crippen LogP contribution in [-0.4, -0.2) is 30.4 Å². The van der Waals surface area contributed by atoms with Gasteiger partial charge in [0.1, 0.15) is 5.82 Å². The van der Waals surface area contributed by atoms with E-state index in [0.29, 0.717) is 11.6 Å². The number of hydrogen-bond donors (Lipinski definition) is 1. The van der Waals surface area contributed by atoms with Crippen molar-refractivity contribution in [2.75, 3.05) is 25.0 Å². The lowest BCUT2D eigenvalue weighted by Gasteiger charge is -2.33. The van der Waals surface area contributed by atoms with Crippen molar-refractivity contribution in [3.05, 3.63) is 29.6 Å². The molecular formula is C17H25FN2O. The van der Waals surface area contributed by atoms with Crippen LogP contribution in [0.25, 0.3) is 0 Å². The molecule has 116 valence electrons. The first-order valence-electron chi connectivity index (χ1n) is 7.75. The first-order chi connectivity index (χ1) is 9.95. The minimum Gasteiger partial charge on any atom is -0.323 e. The quantitative estimate of drug-likeness (QED) is 0.922. The number of carbonyl (C=O) groups excluding carboxylic acids is 1. The molecule has 0 spiro atoms. The van der Waals surface area contributed by atoms with Crippen molar-refractivity contribution >= 4 is 11.6 Å². The van der Waals surface area contributed by atoms with Gasteiger partial charge >= 0.3 is 0 Å². The lowest BCUT2D eigenvalue weighted by Crippen LogP contribution is -2.42. The van der Waals surface area contributed by atoms with Crippen LogP contribution in [0.4, 0.5) is 10.1 Å². The zero-order valence-corrected chi connectivity index (χ0v) is 13.2. The summed E-state index contributed by atoms with van der Waals surface area (Å²) in [4.78, 5) is 14.7. The van der Waals surface area contributed by atoms with E-state index in [4.69, 9.17) is 0 Å². The van der Waals surface area contributed by atoms with Crippen LogP contribution in [0.3, 0.4) is 0 Å². The van der Waals surface area contributed by atoms with Crippen LogP contribution in [0.15, 0.2) is 18.2 Å². The topological polar surface area (TPSA) is 32.3 Å². The fraction of sp³-hybridized carbons (Fsp3) is 0.588. The second kappa shape index (κ2) is 7.03. The predicted octanol–water partition coefficient (Wildman–Crippen LogP) is 3.44. The normalized spacial score (nSPS) is 19.8. The number of aryl methyl sites for hydroxylation is 1. The molecular weight excluding hydrogens is 267 g/mol. The molecule has 21 heavy (non-hydrogen) atoms. The molecule has 3 nitrogen and oxygen atoms in total. The monoisotopic (exact) mass is 292 g/mol. The molecule has 2 rings (SSSR count). The molecule has 1 aliphatic rings. The Labute approximate surface area is 126 Å². The molecule has 1 heterocycles. The van der Waals surface area contributed by atoms with Crippen molar-refractivity contribution < 1.29 is 9.18 Å². The lowest BCUT2D eigenvalue weighted by molar-refractivity contribution is -0.121. The Morgan fingerprint density at radius 3 is 2.95 bits per heavy atom. The molecule has 0 unspecified atom stereocenters. The maximum Gasteiger partial charge on any atom is 0.228 e. The van der Waals surface area contributed by atoms with E-state index in [1.807, 2.05) is 6.92 Å². The maximum absolute atomic E-state index is 13.7. The minimum atomic E-state index is -0.371. The van der Waals surface area contributed by atoms with Gasteiger partial charge in [0.2, 0.25) is 5.91 Å². The zero-order chi connectivity index (χ0) is 15.4. The van der Waals surface area contributed by atoms with Crippen LogP contribution in [0, 0.1) is 24.6 Å². The number of nitrogens with one attached hydrogen (secondary N) is 1. The molecule has 1 atom stereocenters. The average molecular weight is 292 g/mol. The van der Waals surface area contributed by atoms with Crippen molar-refractivity contribution in [3.8, 4) is 0 Å². The summed E-state index contributed by atoms with van der Waals surface area (Å²) in [5, 5.41) is 2.75. The van der Waals surface area contributed by atoms with Gasteiger partial charge in [-0.05, 0) is 49.9 Å². The van der Waals surface area contributed by atoms with Gasteiger partial charge in [-0.25, -0.2) is 4.39 Å². The lowest BCUT2D eigenvalue weighted by atomic mass is 9.96. The van der Waals surface area contributed by atoms with Gasteiger partial charge in [0.05, 0.1) is 11.6 Å². The number of likely N-dealkylation sites (tertiary alicyclic amines) is 1. The summed E-state index contributed by atoms with van der Waals surface area (Å²) in [5.41, 5.74) is 1.23. The van der Waals surface area contributed by atoms with Gasteiger partial charge in [-0.1, -0.05) is 19.9 Å². The maximum atomic E-state index is 13.7. The van der Waals surface area contributed by atoms with E-state index in [2.05, 4.69) is 24.1 Å². The standard InChI is InChI=1S/C17H25FN2O/c1-12(2)10-20-8-4-5-14(11-20)17(21)19-16-9-13(3)6-7-15(16)18/h6-7,9,12,14H,4-5,8,10-11H2,1-3H3,(H,19,21)/t14-/m1/s1. The molecule has 1 aromatic carbocycles. The fourth-order valence-electron chi connectivity index (χ4n) is 2.92. The number of benzene rings is 1. The van der Waals surface area contributed by atoms with Gasteiger partial charge in [-0.3, -0.25) is 4.79 Å². The number of piperidine rings is 1. The molecule has 1 saturated heterocycles. The summed E-state index contributed by atoms with van der Waals surface area (Å²) in [6.45, 7) is 9.11. The summed E-state index contributed by atoms with van der Waals surface area (Å²) < 4.78 is 13.7. The molecule has 0 saturated carbocycles. The van der Waals surface area contributed by atoms with E-state index in [0.717, 1.165) is 38.0 Å². The van der Waals surface area contributed by atoms with Crippen LogP contribution in [0.2, 0.25) is 0 Å². The number of amides is 1. The van der Waals surface area contributed by atoms with E-state index in [1.165, 1.54) is 6.07 Å². The van der Waals surface area contributed by atoms with Crippen molar-refractivity contribution in [2.45, 2.75) is 33.6 Å². The number of halogens is 1. The van der Waals surface area contributed by atoms with Gasteiger partial charge < -0.3 is 10.2 Å². The number of anilines is 1. The number of rotatable bonds is 4. The van der Waals surface area contributed by atoms with E-state index in [1.54, 1.807) is 12.1 Å². The van der Waals surface area contributed by atoms with Crippen LogP contribution in [0.1, 0.15) is 32.3 Å². The van der Waals surface area contributed by atoms with Crippen LogP contribution < -0.4 is 5.32 Å². The third-order valence-electron chi connectivity index (χ3n) is 3.88. The van der Waals surface area contributed by atoms with Crippen molar-refractivity contribution in [1.82, 2.24) is 4.90 Å². The van der Waals surface area contributed by atoms with Gasteiger partial charge in [0.25, 0.3) is 0 Å². The Morgan fingerprint density at radius 2 is 2.24 bits per heavy atom. The second-order valence-corrected chi connectivity index (χ2v) is 6.47. The summed E-state index contributed by atoms with van der Waals surface area (Å²) in [6, 6.07) is 4.79. The Hall–Kier alpha value is -1.42. The number of hydrogen-bond acceptors (Lipinski definition) is 2. The van der Waals surface area contributed by atoms with E-state index < -0.39 is 0 Å². The van der Waals surface area contributed by atoms with Crippen molar-refractivity contribution in [1.29, 1.82) is 0 Å². The molecule has 1 fully saturated rings. The molecule has 0 radical (unpaired) electrons. The molecule has 1 amide bonds. The molecule has 4 heteroatoms. The average Bonchev–Trinajstić information content (AvgIpc) is 2.42. The predicted molar refractivity (Wildman–Crippen MR) is 83.8 cm³/mol. The smallest absolute Gasteiger partial charge is 0.228 e. The third kappa shape index (κ3) is 4.53. The van der Waals surface area contributed by atoms with Gasteiger partial charge in [0, 0.05) is 13.1 Å². The summed E-state index contributed by atoms with van der Waals surface area (Å²) >= 11 is 0. The minimum absolute atomic E-state index is 0.0441. The highest BCUT2D eigenvalue weighted by molar-refractivity contribution is 5.93.